The van der Waals surface area contributed by atoms with Gasteiger partial charge in [0.15, 0.2) is 0 Å². The second-order valence-electron chi connectivity index (χ2n) is 6.28. The van der Waals surface area contributed by atoms with E-state index in [0.717, 1.165) is 39.1 Å². The van der Waals surface area contributed by atoms with Crippen LogP contribution in [0.4, 0.5) is 0 Å². The molecule has 0 spiro atoms. The number of ether oxygens (including phenoxy) is 1. The van der Waals surface area contributed by atoms with E-state index in [1.165, 1.54) is 0 Å². The van der Waals surface area contributed by atoms with Crippen molar-refractivity contribution < 1.29 is 9.53 Å². The Hall–Kier alpha value is -2.08. The van der Waals surface area contributed by atoms with Crippen LogP contribution in [0.3, 0.4) is 0 Å². The molecule has 2 aromatic carbocycles. The van der Waals surface area contributed by atoms with Crippen molar-refractivity contribution in [3.05, 3.63) is 59.1 Å². The van der Waals surface area contributed by atoms with E-state index in [0.29, 0.717) is 28.6 Å². The van der Waals surface area contributed by atoms with Crippen LogP contribution in [0.5, 0.6) is 11.5 Å². The van der Waals surface area contributed by atoms with E-state index in [4.69, 9.17) is 16.3 Å². The lowest BCUT2D eigenvalue weighted by Crippen LogP contribution is -2.44. The summed E-state index contributed by atoms with van der Waals surface area (Å²) in [6.45, 7) is 5.98. The van der Waals surface area contributed by atoms with Crippen LogP contribution in [-0.4, -0.2) is 50.1 Å². The number of nitrogens with zero attached hydrogens (tertiary/aromatic N) is 1. The highest BCUT2D eigenvalue weighted by Crippen LogP contribution is 2.24. The molecule has 5 nitrogen and oxygen atoms in total. The van der Waals surface area contributed by atoms with Gasteiger partial charge in [-0.3, -0.25) is 4.79 Å². The van der Waals surface area contributed by atoms with Gasteiger partial charge in [-0.2, -0.15) is 0 Å². The Morgan fingerprint density at radius 1 is 1.12 bits per heavy atom. The van der Waals surface area contributed by atoms with Gasteiger partial charge >= 0.3 is 0 Å². The van der Waals surface area contributed by atoms with Crippen LogP contribution in [0, 0.1) is 0 Å². The van der Waals surface area contributed by atoms with Crippen molar-refractivity contribution >= 4 is 17.5 Å². The minimum absolute atomic E-state index is 0.0559. The Labute approximate surface area is 159 Å². The number of carbonyl (C=O) groups is 1. The van der Waals surface area contributed by atoms with Crippen LogP contribution >= 0.6 is 11.6 Å². The van der Waals surface area contributed by atoms with E-state index in [-0.39, 0.29) is 5.91 Å². The first kappa shape index (κ1) is 18.7. The van der Waals surface area contributed by atoms with Gasteiger partial charge < -0.3 is 20.3 Å². The van der Waals surface area contributed by atoms with Crippen LogP contribution in [-0.2, 0) is 0 Å². The monoisotopic (exact) mass is 373 g/mol. The zero-order valence-electron chi connectivity index (χ0n) is 14.7. The summed E-state index contributed by atoms with van der Waals surface area (Å²) < 4.78 is 5.73. The number of piperazine rings is 1. The van der Waals surface area contributed by atoms with Crippen LogP contribution in [0.25, 0.3) is 0 Å². The lowest BCUT2D eigenvalue weighted by molar-refractivity contribution is 0.0951. The van der Waals surface area contributed by atoms with Crippen molar-refractivity contribution in [2.75, 3.05) is 39.3 Å². The zero-order chi connectivity index (χ0) is 18.2. The number of carbonyl (C=O) groups excluding carboxylic acids is 1. The SMILES string of the molecule is O=C(NCCCN1CCNCC1)c1ccc(Oc2cccc(Cl)c2)cc1. The van der Waals surface area contributed by atoms with Crippen molar-refractivity contribution in [1.82, 2.24) is 15.5 Å². The molecule has 6 heteroatoms. The summed E-state index contributed by atoms with van der Waals surface area (Å²) in [5.74, 6) is 1.28. The van der Waals surface area contributed by atoms with E-state index < -0.39 is 0 Å². The summed E-state index contributed by atoms with van der Waals surface area (Å²) >= 11 is 5.95. The maximum absolute atomic E-state index is 12.2. The Morgan fingerprint density at radius 2 is 1.88 bits per heavy atom. The number of benzene rings is 2. The summed E-state index contributed by atoms with van der Waals surface area (Å²) in [7, 11) is 0. The van der Waals surface area contributed by atoms with Crippen LogP contribution in [0.15, 0.2) is 48.5 Å². The summed E-state index contributed by atoms with van der Waals surface area (Å²) in [5, 5.41) is 6.94. The number of rotatable bonds is 7. The second-order valence-corrected chi connectivity index (χ2v) is 6.72. The number of hydrogen-bond acceptors (Lipinski definition) is 4. The molecule has 1 fully saturated rings. The van der Waals surface area contributed by atoms with Crippen molar-refractivity contribution in [2.24, 2.45) is 0 Å². The predicted molar refractivity (Wildman–Crippen MR) is 104 cm³/mol. The normalized spacial score (nSPS) is 14.8. The average molecular weight is 374 g/mol. The lowest BCUT2D eigenvalue weighted by Gasteiger charge is -2.27. The van der Waals surface area contributed by atoms with Gasteiger partial charge in [-0.25, -0.2) is 0 Å². The van der Waals surface area contributed by atoms with E-state index in [2.05, 4.69) is 15.5 Å². The molecule has 0 bridgehead atoms. The van der Waals surface area contributed by atoms with Crippen LogP contribution in [0.1, 0.15) is 16.8 Å². The van der Waals surface area contributed by atoms with E-state index in [9.17, 15) is 4.79 Å². The van der Waals surface area contributed by atoms with Crippen molar-refractivity contribution in [3.8, 4) is 11.5 Å². The fourth-order valence-corrected chi connectivity index (χ4v) is 3.06. The summed E-state index contributed by atoms with van der Waals surface area (Å²) in [5.41, 5.74) is 0.630. The third kappa shape index (κ3) is 5.73. The van der Waals surface area contributed by atoms with Crippen molar-refractivity contribution in [2.45, 2.75) is 6.42 Å². The molecule has 0 unspecified atom stereocenters. The summed E-state index contributed by atoms with van der Waals surface area (Å²) in [6, 6.07) is 14.3. The molecule has 2 aromatic rings. The first-order chi connectivity index (χ1) is 12.7. The minimum atomic E-state index is -0.0559. The fraction of sp³-hybridized carbons (Fsp3) is 0.350. The largest absolute Gasteiger partial charge is 0.457 e. The molecule has 3 rings (SSSR count). The van der Waals surface area contributed by atoms with Gasteiger partial charge in [-0.15, -0.1) is 0 Å². The summed E-state index contributed by atoms with van der Waals surface area (Å²) in [4.78, 5) is 14.6. The Bertz CT molecular complexity index is 715. The quantitative estimate of drug-likeness (QED) is 0.732. The standard InChI is InChI=1S/C20H24ClN3O2/c21-17-3-1-4-19(15-17)26-18-7-5-16(6-8-18)20(25)23-9-2-12-24-13-10-22-11-14-24/h1,3-8,15,22H,2,9-14H2,(H,23,25). The third-order valence-corrected chi connectivity index (χ3v) is 4.53. The Balaban J connectivity index is 1.43. The van der Waals surface area contributed by atoms with Gasteiger partial charge in [-0.05, 0) is 55.4 Å². The van der Waals surface area contributed by atoms with Gasteiger partial charge in [0, 0.05) is 43.3 Å². The molecule has 1 saturated heterocycles. The van der Waals surface area contributed by atoms with Crippen LogP contribution in [0.2, 0.25) is 5.02 Å². The number of halogens is 1. The molecule has 1 aliphatic heterocycles. The molecule has 0 saturated carbocycles. The smallest absolute Gasteiger partial charge is 0.251 e. The second kappa shape index (κ2) is 9.57. The molecule has 26 heavy (non-hydrogen) atoms. The molecule has 2 N–H and O–H groups in total. The van der Waals surface area contributed by atoms with E-state index >= 15 is 0 Å². The first-order valence-corrected chi connectivity index (χ1v) is 9.33. The highest BCUT2D eigenvalue weighted by atomic mass is 35.5. The minimum Gasteiger partial charge on any atom is -0.457 e. The molecule has 1 aliphatic rings. The summed E-state index contributed by atoms with van der Waals surface area (Å²) in [6.07, 6.45) is 0.960. The van der Waals surface area contributed by atoms with Gasteiger partial charge in [0.1, 0.15) is 11.5 Å². The van der Waals surface area contributed by atoms with E-state index in [1.807, 2.05) is 12.1 Å². The molecule has 138 valence electrons. The molecular weight excluding hydrogens is 350 g/mol. The first-order valence-electron chi connectivity index (χ1n) is 8.95. The van der Waals surface area contributed by atoms with Crippen LogP contribution < -0.4 is 15.4 Å². The highest BCUT2D eigenvalue weighted by Gasteiger charge is 2.09. The lowest BCUT2D eigenvalue weighted by atomic mass is 10.2. The van der Waals surface area contributed by atoms with Gasteiger partial charge in [0.25, 0.3) is 5.91 Å². The molecular formula is C20H24ClN3O2. The van der Waals surface area contributed by atoms with Gasteiger partial charge in [0.05, 0.1) is 0 Å². The number of nitrogens with one attached hydrogen (secondary N) is 2. The van der Waals surface area contributed by atoms with Crippen molar-refractivity contribution in [1.29, 1.82) is 0 Å². The molecule has 0 aliphatic carbocycles. The van der Waals surface area contributed by atoms with Crippen molar-refractivity contribution in [3.63, 3.8) is 0 Å². The van der Waals surface area contributed by atoms with Gasteiger partial charge in [-0.1, -0.05) is 17.7 Å². The van der Waals surface area contributed by atoms with Gasteiger partial charge in [0.2, 0.25) is 0 Å². The Morgan fingerprint density at radius 3 is 2.62 bits per heavy atom. The topological polar surface area (TPSA) is 53.6 Å². The number of amides is 1. The average Bonchev–Trinajstić information content (AvgIpc) is 2.66. The molecule has 0 atom stereocenters. The predicted octanol–water partition coefficient (Wildman–Crippen LogP) is 3.16. The highest BCUT2D eigenvalue weighted by molar-refractivity contribution is 6.30. The maximum Gasteiger partial charge on any atom is 0.251 e. The molecule has 1 heterocycles. The number of hydrogen-bond donors (Lipinski definition) is 2. The van der Waals surface area contributed by atoms with E-state index in [1.54, 1.807) is 36.4 Å². The fourth-order valence-electron chi connectivity index (χ4n) is 2.88. The molecule has 0 aromatic heterocycles. The zero-order valence-corrected chi connectivity index (χ0v) is 15.5. The Kier molecular flexibility index (Phi) is 6.89. The molecule has 0 radical (unpaired) electrons. The third-order valence-electron chi connectivity index (χ3n) is 4.29. The molecule has 1 amide bonds. The maximum atomic E-state index is 12.2.